The molecule has 0 saturated heterocycles. The quantitative estimate of drug-likeness (QED) is 0.891. The average Bonchev–Trinajstić information content (AvgIpc) is 2.75. The van der Waals surface area contributed by atoms with Gasteiger partial charge in [0.2, 0.25) is 11.7 Å². The molecule has 0 aromatic carbocycles. The third-order valence-corrected chi connectivity index (χ3v) is 3.44. The van der Waals surface area contributed by atoms with E-state index >= 15 is 0 Å². The maximum Gasteiger partial charge on any atom is 0.228 e. The number of nitrogens with zero attached hydrogens (tertiary/aromatic N) is 3. The first kappa shape index (κ1) is 11.3. The molecule has 2 N–H and O–H groups in total. The molecule has 0 radical (unpaired) electrons. The molecule has 1 aliphatic rings. The number of nitrogens with two attached hydrogens (primary N) is 1. The lowest BCUT2D eigenvalue weighted by Gasteiger charge is -2.36. The number of rotatable bonds is 3. The van der Waals surface area contributed by atoms with Gasteiger partial charge in [-0.05, 0) is 38.3 Å². The Bertz CT molecular complexity index is 560. The van der Waals surface area contributed by atoms with E-state index in [9.17, 15) is 0 Å². The fraction of sp³-hybridized carbons (Fsp3) is 0.462. The zero-order valence-electron chi connectivity index (χ0n) is 10.4. The van der Waals surface area contributed by atoms with E-state index in [0.29, 0.717) is 18.1 Å². The molecule has 0 amide bonds. The van der Waals surface area contributed by atoms with Crippen LogP contribution in [-0.2, 0) is 6.42 Å². The van der Waals surface area contributed by atoms with Gasteiger partial charge in [-0.1, -0.05) is 11.2 Å². The minimum atomic E-state index is -0.135. The molecule has 3 rings (SSSR count). The molecular weight excluding hydrogens is 228 g/mol. The lowest BCUT2D eigenvalue weighted by Crippen LogP contribution is -2.48. The molecule has 5 nitrogen and oxygen atoms in total. The second kappa shape index (κ2) is 4.17. The van der Waals surface area contributed by atoms with Crippen molar-refractivity contribution in [2.45, 2.75) is 38.1 Å². The summed E-state index contributed by atoms with van der Waals surface area (Å²) in [4.78, 5) is 8.74. The summed E-state index contributed by atoms with van der Waals surface area (Å²) in [7, 11) is 0. The van der Waals surface area contributed by atoms with Gasteiger partial charge in [0, 0.05) is 17.7 Å². The van der Waals surface area contributed by atoms with Gasteiger partial charge in [0.1, 0.15) is 5.69 Å². The van der Waals surface area contributed by atoms with E-state index in [2.05, 4.69) is 15.1 Å². The first-order valence-corrected chi connectivity index (χ1v) is 6.20. The van der Waals surface area contributed by atoms with Crippen molar-refractivity contribution in [2.24, 2.45) is 5.73 Å². The van der Waals surface area contributed by atoms with Crippen molar-refractivity contribution in [3.63, 3.8) is 0 Å². The van der Waals surface area contributed by atoms with Gasteiger partial charge in [-0.25, -0.2) is 4.98 Å². The van der Waals surface area contributed by atoms with Crippen LogP contribution in [0.5, 0.6) is 0 Å². The number of hydrogen-bond acceptors (Lipinski definition) is 5. The summed E-state index contributed by atoms with van der Waals surface area (Å²) < 4.78 is 5.25. The van der Waals surface area contributed by atoms with E-state index in [0.717, 1.165) is 24.2 Å². The Morgan fingerprint density at radius 2 is 2.17 bits per heavy atom. The van der Waals surface area contributed by atoms with Gasteiger partial charge in [-0.3, -0.25) is 0 Å². The maximum absolute atomic E-state index is 6.16. The Balaban J connectivity index is 1.81. The molecule has 1 saturated carbocycles. The van der Waals surface area contributed by atoms with Crippen LogP contribution < -0.4 is 5.73 Å². The molecule has 1 aliphatic carbocycles. The highest BCUT2D eigenvalue weighted by molar-refractivity contribution is 5.48. The molecule has 0 bridgehead atoms. The lowest BCUT2D eigenvalue weighted by atomic mass is 9.75. The monoisotopic (exact) mass is 244 g/mol. The van der Waals surface area contributed by atoms with Gasteiger partial charge in [0.15, 0.2) is 0 Å². The molecule has 0 atom stereocenters. The van der Waals surface area contributed by atoms with Gasteiger partial charge in [0.05, 0.1) is 0 Å². The van der Waals surface area contributed by atoms with Crippen LogP contribution in [0.2, 0.25) is 0 Å². The predicted molar refractivity (Wildman–Crippen MR) is 66.7 cm³/mol. The lowest BCUT2D eigenvalue weighted by molar-refractivity contribution is 0.222. The highest BCUT2D eigenvalue weighted by Crippen LogP contribution is 2.32. The molecule has 2 aromatic heterocycles. The average molecular weight is 244 g/mol. The van der Waals surface area contributed by atoms with Crippen molar-refractivity contribution in [1.82, 2.24) is 15.1 Å². The zero-order chi connectivity index (χ0) is 12.6. The Morgan fingerprint density at radius 1 is 1.33 bits per heavy atom. The molecule has 0 unspecified atom stereocenters. The van der Waals surface area contributed by atoms with E-state index in [1.165, 1.54) is 6.42 Å². The highest BCUT2D eigenvalue weighted by Gasteiger charge is 2.34. The van der Waals surface area contributed by atoms with Crippen LogP contribution >= 0.6 is 0 Å². The van der Waals surface area contributed by atoms with Crippen molar-refractivity contribution in [3.05, 3.63) is 29.8 Å². The zero-order valence-corrected chi connectivity index (χ0v) is 10.4. The van der Waals surface area contributed by atoms with Crippen molar-refractivity contribution < 1.29 is 4.52 Å². The number of aryl methyl sites for hydroxylation is 1. The normalized spacial score (nSPS) is 17.4. The number of pyridine rings is 1. The summed E-state index contributed by atoms with van der Waals surface area (Å²) in [6, 6.07) is 5.75. The molecular formula is C13H16N4O. The summed E-state index contributed by atoms with van der Waals surface area (Å²) in [5.41, 5.74) is 7.71. The molecule has 5 heteroatoms. The summed E-state index contributed by atoms with van der Waals surface area (Å²) in [5.74, 6) is 1.15. The van der Waals surface area contributed by atoms with Gasteiger partial charge in [-0.15, -0.1) is 0 Å². The van der Waals surface area contributed by atoms with E-state index in [1.54, 1.807) is 0 Å². The van der Waals surface area contributed by atoms with E-state index in [1.807, 2.05) is 25.1 Å². The van der Waals surface area contributed by atoms with Crippen molar-refractivity contribution in [1.29, 1.82) is 0 Å². The van der Waals surface area contributed by atoms with Crippen molar-refractivity contribution >= 4 is 0 Å². The van der Waals surface area contributed by atoms with Crippen molar-refractivity contribution in [2.75, 3.05) is 0 Å². The summed E-state index contributed by atoms with van der Waals surface area (Å²) >= 11 is 0. The van der Waals surface area contributed by atoms with Crippen LogP contribution in [0.3, 0.4) is 0 Å². The predicted octanol–water partition coefficient (Wildman–Crippen LogP) is 1.86. The minimum Gasteiger partial charge on any atom is -0.339 e. The minimum absolute atomic E-state index is 0.135. The van der Waals surface area contributed by atoms with Gasteiger partial charge in [0.25, 0.3) is 0 Å². The second-order valence-electron chi connectivity index (χ2n) is 5.07. The second-order valence-corrected chi connectivity index (χ2v) is 5.07. The number of hydrogen-bond donors (Lipinski definition) is 1. The van der Waals surface area contributed by atoms with Crippen LogP contribution in [0.25, 0.3) is 11.5 Å². The van der Waals surface area contributed by atoms with Crippen LogP contribution in [0.4, 0.5) is 0 Å². The van der Waals surface area contributed by atoms with Crippen LogP contribution in [0.1, 0.15) is 30.8 Å². The fourth-order valence-corrected chi connectivity index (χ4v) is 2.21. The third-order valence-electron chi connectivity index (χ3n) is 3.44. The molecule has 0 aliphatic heterocycles. The van der Waals surface area contributed by atoms with Crippen LogP contribution in [0, 0.1) is 6.92 Å². The van der Waals surface area contributed by atoms with E-state index in [4.69, 9.17) is 10.3 Å². The third kappa shape index (κ3) is 2.13. The van der Waals surface area contributed by atoms with E-state index in [-0.39, 0.29) is 5.54 Å². The van der Waals surface area contributed by atoms with Crippen LogP contribution in [0.15, 0.2) is 22.7 Å². The SMILES string of the molecule is Cc1cccc(-c2noc(CC3(N)CCC3)n2)n1. The van der Waals surface area contributed by atoms with Gasteiger partial charge >= 0.3 is 0 Å². The molecule has 0 spiro atoms. The Kier molecular flexibility index (Phi) is 2.63. The maximum atomic E-state index is 6.16. The van der Waals surface area contributed by atoms with Crippen LogP contribution in [-0.4, -0.2) is 20.7 Å². The highest BCUT2D eigenvalue weighted by atomic mass is 16.5. The summed E-state index contributed by atoms with van der Waals surface area (Å²) in [6.45, 7) is 1.94. The Morgan fingerprint density at radius 3 is 2.83 bits per heavy atom. The van der Waals surface area contributed by atoms with Gasteiger partial charge < -0.3 is 10.3 Å². The standard InChI is InChI=1S/C13H16N4O/c1-9-4-2-5-10(15-9)12-16-11(18-17-12)8-13(14)6-3-7-13/h2,4-5H,3,6-8,14H2,1H3. The first-order valence-electron chi connectivity index (χ1n) is 6.20. The van der Waals surface area contributed by atoms with Crippen molar-refractivity contribution in [3.8, 4) is 11.5 Å². The molecule has 1 fully saturated rings. The largest absolute Gasteiger partial charge is 0.339 e. The smallest absolute Gasteiger partial charge is 0.228 e. The molecule has 18 heavy (non-hydrogen) atoms. The Hall–Kier alpha value is -1.75. The molecule has 2 aromatic rings. The van der Waals surface area contributed by atoms with Gasteiger partial charge in [-0.2, -0.15) is 4.98 Å². The fourth-order valence-electron chi connectivity index (χ4n) is 2.21. The Labute approximate surface area is 105 Å². The first-order chi connectivity index (χ1) is 8.65. The molecule has 2 heterocycles. The van der Waals surface area contributed by atoms with E-state index < -0.39 is 0 Å². The summed E-state index contributed by atoms with van der Waals surface area (Å²) in [6.07, 6.45) is 3.92. The number of aromatic nitrogens is 3. The topological polar surface area (TPSA) is 77.8 Å². The summed E-state index contributed by atoms with van der Waals surface area (Å²) in [5, 5.41) is 3.97. The molecule has 94 valence electrons.